The second-order valence-corrected chi connectivity index (χ2v) is 5.68. The number of carbonyl (C=O) groups is 1. The van der Waals surface area contributed by atoms with Gasteiger partial charge in [0.15, 0.2) is 0 Å². The minimum absolute atomic E-state index is 0.0213. The van der Waals surface area contributed by atoms with Crippen LogP contribution in [-0.4, -0.2) is 18.3 Å². The Morgan fingerprint density at radius 1 is 1.10 bits per heavy atom. The number of nitrogens with zero attached hydrogens (tertiary/aromatic N) is 1. The van der Waals surface area contributed by atoms with Crippen molar-refractivity contribution >= 4 is 23.2 Å². The van der Waals surface area contributed by atoms with E-state index >= 15 is 0 Å². The summed E-state index contributed by atoms with van der Waals surface area (Å²) < 4.78 is 0. The van der Waals surface area contributed by atoms with Crippen LogP contribution in [0.3, 0.4) is 0 Å². The Hall–Kier alpha value is -1.80. The Labute approximate surface area is 130 Å². The highest BCUT2D eigenvalue weighted by atomic mass is 35.5. The minimum atomic E-state index is -0.0213. The van der Waals surface area contributed by atoms with E-state index in [9.17, 15) is 4.79 Å². The number of alkyl halides is 1. The van der Waals surface area contributed by atoms with E-state index in [4.69, 9.17) is 11.6 Å². The zero-order chi connectivity index (χ0) is 14.7. The van der Waals surface area contributed by atoms with Gasteiger partial charge in [-0.2, -0.15) is 0 Å². The lowest BCUT2D eigenvalue weighted by Gasteiger charge is -2.25. The maximum atomic E-state index is 12.3. The Bertz CT molecular complexity index is 626. The number of halogens is 1. The molecule has 1 aliphatic rings. The summed E-state index contributed by atoms with van der Waals surface area (Å²) in [6, 6.07) is 18.6. The molecule has 2 nitrogen and oxygen atoms in total. The molecule has 0 bridgehead atoms. The Morgan fingerprint density at radius 3 is 2.57 bits per heavy atom. The quantitative estimate of drug-likeness (QED) is 0.768. The van der Waals surface area contributed by atoms with Crippen LogP contribution in [0.4, 0.5) is 5.69 Å². The smallest absolute Gasteiger partial charge is 0.241 e. The SMILES string of the molecule is O=C(CCl)N1C[C@@H](c2ccccc2)CCc2ccccc21. The second kappa shape index (κ2) is 6.31. The lowest BCUT2D eigenvalue weighted by atomic mass is 9.93. The van der Waals surface area contributed by atoms with Crippen LogP contribution < -0.4 is 4.90 Å². The number of rotatable bonds is 2. The van der Waals surface area contributed by atoms with Gasteiger partial charge in [0, 0.05) is 18.2 Å². The van der Waals surface area contributed by atoms with E-state index in [2.05, 4.69) is 30.3 Å². The number of para-hydroxylation sites is 1. The van der Waals surface area contributed by atoms with Crippen LogP contribution in [0.15, 0.2) is 54.6 Å². The molecule has 0 unspecified atom stereocenters. The van der Waals surface area contributed by atoms with E-state index in [1.54, 1.807) is 0 Å². The van der Waals surface area contributed by atoms with E-state index in [-0.39, 0.29) is 11.8 Å². The molecule has 0 radical (unpaired) electrons. The van der Waals surface area contributed by atoms with Crippen molar-refractivity contribution in [2.75, 3.05) is 17.3 Å². The van der Waals surface area contributed by atoms with Gasteiger partial charge in [-0.25, -0.2) is 0 Å². The molecule has 0 saturated carbocycles. The molecule has 0 aromatic heterocycles. The molecule has 21 heavy (non-hydrogen) atoms. The van der Waals surface area contributed by atoms with Gasteiger partial charge >= 0.3 is 0 Å². The van der Waals surface area contributed by atoms with Crippen LogP contribution in [0.1, 0.15) is 23.5 Å². The third-order valence-electron chi connectivity index (χ3n) is 4.13. The molecular weight excluding hydrogens is 282 g/mol. The first-order valence-electron chi connectivity index (χ1n) is 7.29. The molecule has 0 fully saturated rings. The summed E-state index contributed by atoms with van der Waals surface area (Å²) in [6.45, 7) is 0.701. The third kappa shape index (κ3) is 2.96. The Balaban J connectivity index is 1.96. The first kappa shape index (κ1) is 14.2. The van der Waals surface area contributed by atoms with Crippen LogP contribution in [0.25, 0.3) is 0 Å². The fourth-order valence-corrected chi connectivity index (χ4v) is 3.18. The molecule has 3 heteroatoms. The number of hydrogen-bond acceptors (Lipinski definition) is 1. The van der Waals surface area contributed by atoms with E-state index in [1.165, 1.54) is 11.1 Å². The number of amides is 1. The van der Waals surface area contributed by atoms with Gasteiger partial charge in [-0.3, -0.25) is 4.79 Å². The lowest BCUT2D eigenvalue weighted by molar-refractivity contribution is -0.116. The van der Waals surface area contributed by atoms with Gasteiger partial charge in [-0.15, -0.1) is 11.6 Å². The van der Waals surface area contributed by atoms with Crippen molar-refractivity contribution in [1.82, 2.24) is 0 Å². The average molecular weight is 300 g/mol. The highest BCUT2D eigenvalue weighted by Gasteiger charge is 2.26. The highest BCUT2D eigenvalue weighted by Crippen LogP contribution is 2.33. The second-order valence-electron chi connectivity index (χ2n) is 5.41. The molecule has 108 valence electrons. The number of fused-ring (bicyclic) bond motifs is 1. The molecular formula is C18H18ClNO. The standard InChI is InChI=1S/C18H18ClNO/c19-12-18(21)20-13-16(14-6-2-1-3-7-14)11-10-15-8-4-5-9-17(15)20/h1-9,16H,10-13H2/t16-/m0/s1. The Morgan fingerprint density at radius 2 is 1.81 bits per heavy atom. The first-order chi connectivity index (χ1) is 10.3. The van der Waals surface area contributed by atoms with Gasteiger partial charge in [0.25, 0.3) is 0 Å². The maximum Gasteiger partial charge on any atom is 0.241 e. The van der Waals surface area contributed by atoms with E-state index in [0.29, 0.717) is 12.5 Å². The molecule has 0 aliphatic carbocycles. The lowest BCUT2D eigenvalue weighted by Crippen LogP contribution is -2.35. The topological polar surface area (TPSA) is 20.3 Å². The summed E-state index contributed by atoms with van der Waals surface area (Å²) in [5.41, 5.74) is 3.54. The van der Waals surface area contributed by atoms with Crippen LogP contribution in [0.2, 0.25) is 0 Å². The first-order valence-corrected chi connectivity index (χ1v) is 7.82. The Kier molecular flexibility index (Phi) is 4.26. The number of benzene rings is 2. The fraction of sp³-hybridized carbons (Fsp3) is 0.278. The van der Waals surface area contributed by atoms with Crippen LogP contribution >= 0.6 is 11.6 Å². The monoisotopic (exact) mass is 299 g/mol. The maximum absolute atomic E-state index is 12.3. The van der Waals surface area contributed by atoms with E-state index < -0.39 is 0 Å². The number of carbonyl (C=O) groups excluding carboxylic acids is 1. The molecule has 1 amide bonds. The molecule has 2 aromatic carbocycles. The van der Waals surface area contributed by atoms with Gasteiger partial charge in [-0.05, 0) is 30.0 Å². The van der Waals surface area contributed by atoms with Gasteiger partial charge in [-0.1, -0.05) is 48.5 Å². The van der Waals surface area contributed by atoms with Gasteiger partial charge in [0.1, 0.15) is 5.88 Å². The van der Waals surface area contributed by atoms with Crippen molar-refractivity contribution in [1.29, 1.82) is 0 Å². The van der Waals surface area contributed by atoms with Gasteiger partial charge in [0.2, 0.25) is 5.91 Å². The summed E-state index contributed by atoms with van der Waals surface area (Å²) in [7, 11) is 0. The predicted molar refractivity (Wildman–Crippen MR) is 87.0 cm³/mol. The molecule has 1 aliphatic heterocycles. The van der Waals surface area contributed by atoms with Crippen LogP contribution in [0.5, 0.6) is 0 Å². The molecule has 1 heterocycles. The fourth-order valence-electron chi connectivity index (χ4n) is 3.03. The molecule has 3 rings (SSSR count). The normalized spacial score (nSPS) is 18.0. The van der Waals surface area contributed by atoms with Crippen molar-refractivity contribution in [3.63, 3.8) is 0 Å². The van der Waals surface area contributed by atoms with Crippen LogP contribution in [-0.2, 0) is 11.2 Å². The van der Waals surface area contributed by atoms with Crippen molar-refractivity contribution in [3.05, 3.63) is 65.7 Å². The molecule has 0 spiro atoms. The number of anilines is 1. The largest absolute Gasteiger partial charge is 0.311 e. The van der Waals surface area contributed by atoms with Crippen LogP contribution in [0, 0.1) is 0 Å². The van der Waals surface area contributed by atoms with Gasteiger partial charge < -0.3 is 4.90 Å². The predicted octanol–water partition coefficient (Wildman–Crippen LogP) is 3.99. The van der Waals surface area contributed by atoms with E-state index in [0.717, 1.165) is 18.5 Å². The van der Waals surface area contributed by atoms with Gasteiger partial charge in [0.05, 0.1) is 0 Å². The minimum Gasteiger partial charge on any atom is -0.311 e. The zero-order valence-corrected chi connectivity index (χ0v) is 12.6. The summed E-state index contributed by atoms with van der Waals surface area (Å²) in [5.74, 6) is 0.355. The summed E-state index contributed by atoms with van der Waals surface area (Å²) in [5, 5.41) is 0. The molecule has 0 N–H and O–H groups in total. The third-order valence-corrected chi connectivity index (χ3v) is 4.36. The van der Waals surface area contributed by atoms with Crippen molar-refractivity contribution in [3.8, 4) is 0 Å². The average Bonchev–Trinajstić information content (AvgIpc) is 2.75. The summed E-state index contributed by atoms with van der Waals surface area (Å²) in [4.78, 5) is 14.1. The molecule has 2 aromatic rings. The number of aryl methyl sites for hydroxylation is 1. The summed E-state index contributed by atoms with van der Waals surface area (Å²) >= 11 is 5.81. The van der Waals surface area contributed by atoms with Crippen molar-refractivity contribution in [2.45, 2.75) is 18.8 Å². The molecule has 0 saturated heterocycles. The summed E-state index contributed by atoms with van der Waals surface area (Å²) in [6.07, 6.45) is 2.04. The van der Waals surface area contributed by atoms with Crippen molar-refractivity contribution < 1.29 is 4.79 Å². The van der Waals surface area contributed by atoms with Crippen molar-refractivity contribution in [2.24, 2.45) is 0 Å². The zero-order valence-electron chi connectivity index (χ0n) is 11.8. The number of hydrogen-bond donors (Lipinski definition) is 0. The highest BCUT2D eigenvalue weighted by molar-refractivity contribution is 6.29. The van der Waals surface area contributed by atoms with E-state index in [1.807, 2.05) is 29.2 Å². The molecule has 1 atom stereocenters.